The van der Waals surface area contributed by atoms with Crippen molar-refractivity contribution in [1.82, 2.24) is 20.0 Å². The average Bonchev–Trinajstić information content (AvgIpc) is 3.03. The van der Waals surface area contributed by atoms with Crippen molar-refractivity contribution in [3.05, 3.63) is 82.4 Å². The molecule has 2 heterocycles. The van der Waals surface area contributed by atoms with Gasteiger partial charge in [-0.2, -0.15) is 5.10 Å². The number of nitrogens with one attached hydrogen (secondary N) is 2. The minimum absolute atomic E-state index is 0.147. The molecule has 2 aromatic heterocycles. The molecule has 26 heavy (non-hydrogen) atoms. The first-order chi connectivity index (χ1) is 12.6. The molecule has 0 aliphatic rings. The van der Waals surface area contributed by atoms with Crippen LogP contribution in [0.5, 0.6) is 0 Å². The monoisotopic (exact) mass is 345 g/mol. The molecule has 0 saturated carbocycles. The quantitative estimate of drug-likeness (QED) is 0.597. The summed E-state index contributed by atoms with van der Waals surface area (Å²) in [4.78, 5) is 24.6. The molecule has 0 spiro atoms. The Morgan fingerprint density at radius 2 is 1.73 bits per heavy atom. The van der Waals surface area contributed by atoms with Gasteiger partial charge in [-0.25, -0.2) is 9.78 Å². The number of carbonyl (C=O) groups excluding carboxylic acids is 1. The Bertz CT molecular complexity index is 1160. The maximum Gasteiger partial charge on any atom is 0.277 e. The number of nitrogens with zero attached hydrogens (tertiary/aromatic N) is 3. The van der Waals surface area contributed by atoms with E-state index >= 15 is 0 Å². The zero-order valence-electron chi connectivity index (χ0n) is 13.9. The summed E-state index contributed by atoms with van der Waals surface area (Å²) in [5.74, 6) is 0.00907. The molecule has 0 aliphatic carbocycles. The second kappa shape index (κ2) is 6.29. The third kappa shape index (κ3) is 2.75. The summed E-state index contributed by atoms with van der Waals surface area (Å²) < 4.78 is 1.70. The van der Waals surface area contributed by atoms with E-state index in [4.69, 9.17) is 0 Å². The minimum Gasteiger partial charge on any atom is -0.303 e. The van der Waals surface area contributed by atoms with Gasteiger partial charge in [0.1, 0.15) is 0 Å². The van der Waals surface area contributed by atoms with Gasteiger partial charge in [0.25, 0.3) is 11.5 Å². The number of fused-ring (bicyclic) bond motifs is 1. The first kappa shape index (κ1) is 15.8. The number of aromatic nitrogens is 4. The van der Waals surface area contributed by atoms with Crippen LogP contribution in [0, 0.1) is 6.92 Å². The third-order valence-electron chi connectivity index (χ3n) is 4.06. The number of carbonyl (C=O) groups is 1. The number of aryl methyl sites for hydroxylation is 1. The molecule has 2 N–H and O–H groups in total. The summed E-state index contributed by atoms with van der Waals surface area (Å²) in [5, 5.41) is 14.4. The number of rotatable bonds is 3. The highest BCUT2D eigenvalue weighted by molar-refractivity contribution is 6.10. The van der Waals surface area contributed by atoms with Crippen LogP contribution in [-0.2, 0) is 0 Å². The van der Waals surface area contributed by atoms with Crippen molar-refractivity contribution in [2.75, 3.05) is 5.32 Å². The number of amides is 1. The third-order valence-corrected chi connectivity index (χ3v) is 4.06. The Hall–Kier alpha value is -3.74. The van der Waals surface area contributed by atoms with Crippen LogP contribution in [0.3, 0.4) is 0 Å². The first-order valence-corrected chi connectivity index (χ1v) is 8.04. The summed E-state index contributed by atoms with van der Waals surface area (Å²) in [6, 6.07) is 16.5. The van der Waals surface area contributed by atoms with Gasteiger partial charge in [-0.3, -0.25) is 9.59 Å². The molecule has 0 bridgehead atoms. The topological polar surface area (TPSA) is 92.7 Å². The molecule has 0 radical (unpaired) electrons. The van der Waals surface area contributed by atoms with E-state index in [9.17, 15) is 9.59 Å². The van der Waals surface area contributed by atoms with Gasteiger partial charge in [-0.15, -0.1) is 5.10 Å². The van der Waals surface area contributed by atoms with Gasteiger partial charge in [0.15, 0.2) is 11.5 Å². The van der Waals surface area contributed by atoms with Crippen molar-refractivity contribution in [3.8, 4) is 5.69 Å². The summed E-state index contributed by atoms with van der Waals surface area (Å²) in [5.41, 5.74) is 1.52. The highest BCUT2D eigenvalue weighted by Gasteiger charge is 2.16. The maximum absolute atomic E-state index is 12.7. The molecule has 7 heteroatoms. The zero-order valence-corrected chi connectivity index (χ0v) is 13.9. The summed E-state index contributed by atoms with van der Waals surface area (Å²) in [7, 11) is 0. The number of hydrogen-bond donors (Lipinski definition) is 2. The highest BCUT2D eigenvalue weighted by Crippen LogP contribution is 2.18. The number of H-pyrrole nitrogens is 1. The lowest BCUT2D eigenvalue weighted by molar-refractivity contribution is 0.102. The molecule has 0 unspecified atom stereocenters. The van der Waals surface area contributed by atoms with E-state index in [1.54, 1.807) is 28.9 Å². The average molecular weight is 345 g/mol. The largest absolute Gasteiger partial charge is 0.303 e. The molecule has 128 valence electrons. The number of hydrogen-bond acceptors (Lipinski definition) is 4. The van der Waals surface area contributed by atoms with Crippen LogP contribution >= 0.6 is 0 Å². The van der Waals surface area contributed by atoms with Crippen molar-refractivity contribution >= 4 is 22.5 Å². The normalized spacial score (nSPS) is 10.8. The van der Waals surface area contributed by atoms with Crippen LogP contribution in [0.25, 0.3) is 16.5 Å². The van der Waals surface area contributed by atoms with Gasteiger partial charge in [0, 0.05) is 17.1 Å². The van der Waals surface area contributed by atoms with Crippen LogP contribution < -0.4 is 10.9 Å². The van der Waals surface area contributed by atoms with Crippen molar-refractivity contribution in [1.29, 1.82) is 0 Å². The van der Waals surface area contributed by atoms with Crippen LogP contribution in [0.4, 0.5) is 5.82 Å². The van der Waals surface area contributed by atoms with Crippen molar-refractivity contribution in [2.45, 2.75) is 6.92 Å². The molecule has 1 amide bonds. The lowest BCUT2D eigenvalue weighted by Crippen LogP contribution is -2.19. The Morgan fingerprint density at radius 3 is 2.50 bits per heavy atom. The summed E-state index contributed by atoms with van der Waals surface area (Å²) in [6.45, 7) is 1.86. The predicted molar refractivity (Wildman–Crippen MR) is 98.6 cm³/mol. The summed E-state index contributed by atoms with van der Waals surface area (Å²) in [6.07, 6.45) is 1.84. The van der Waals surface area contributed by atoms with Gasteiger partial charge in [0.2, 0.25) is 0 Å². The number of anilines is 1. The van der Waals surface area contributed by atoms with Gasteiger partial charge >= 0.3 is 0 Å². The minimum atomic E-state index is -0.432. The van der Waals surface area contributed by atoms with Crippen molar-refractivity contribution in [3.63, 3.8) is 0 Å². The Balaban J connectivity index is 1.69. The molecule has 4 aromatic rings. The molecule has 4 rings (SSSR count). The molecule has 0 aliphatic heterocycles. The van der Waals surface area contributed by atoms with E-state index in [1.165, 1.54) is 0 Å². The lowest BCUT2D eigenvalue weighted by Gasteiger charge is -2.05. The van der Waals surface area contributed by atoms with Crippen LogP contribution in [-0.4, -0.2) is 25.9 Å². The standard InChI is InChI=1S/C19H15N5O2/c1-12-11-24(13-7-3-2-4-8-13)23-17(12)20-19(26)16-14-9-5-6-10-15(14)18(25)22-21-16/h2-11H,1H3,(H,22,25)(H,20,23,26). The maximum atomic E-state index is 12.7. The lowest BCUT2D eigenvalue weighted by atomic mass is 10.1. The van der Waals surface area contributed by atoms with E-state index in [-0.39, 0.29) is 11.3 Å². The molecule has 7 nitrogen and oxygen atoms in total. The van der Waals surface area contributed by atoms with Gasteiger partial charge < -0.3 is 5.32 Å². The van der Waals surface area contributed by atoms with E-state index in [0.29, 0.717) is 16.6 Å². The van der Waals surface area contributed by atoms with Crippen LogP contribution in [0.2, 0.25) is 0 Å². The Morgan fingerprint density at radius 1 is 1.04 bits per heavy atom. The molecule has 0 fully saturated rings. The fourth-order valence-electron chi connectivity index (χ4n) is 2.75. The second-order valence-corrected chi connectivity index (χ2v) is 5.84. The Kier molecular flexibility index (Phi) is 3.81. The molecule has 0 saturated heterocycles. The Labute approximate surface area is 148 Å². The van der Waals surface area contributed by atoms with Gasteiger partial charge in [-0.05, 0) is 25.1 Å². The van der Waals surface area contributed by atoms with E-state index < -0.39 is 5.91 Å². The fourth-order valence-corrected chi connectivity index (χ4v) is 2.75. The molecular formula is C19H15N5O2. The zero-order chi connectivity index (χ0) is 18.1. The summed E-state index contributed by atoms with van der Waals surface area (Å²) >= 11 is 0. The van der Waals surface area contributed by atoms with Gasteiger partial charge in [-0.1, -0.05) is 36.4 Å². The second-order valence-electron chi connectivity index (χ2n) is 5.84. The van der Waals surface area contributed by atoms with E-state index in [0.717, 1.165) is 11.3 Å². The molecule has 0 atom stereocenters. The van der Waals surface area contributed by atoms with Crippen LogP contribution in [0.15, 0.2) is 65.6 Å². The van der Waals surface area contributed by atoms with E-state index in [2.05, 4.69) is 20.6 Å². The van der Waals surface area contributed by atoms with Crippen molar-refractivity contribution in [2.24, 2.45) is 0 Å². The van der Waals surface area contributed by atoms with Crippen molar-refractivity contribution < 1.29 is 4.79 Å². The molecular weight excluding hydrogens is 330 g/mol. The highest BCUT2D eigenvalue weighted by atomic mass is 16.2. The number of aromatic amines is 1. The fraction of sp³-hybridized carbons (Fsp3) is 0.0526. The first-order valence-electron chi connectivity index (χ1n) is 8.04. The molecule has 2 aromatic carbocycles. The SMILES string of the molecule is Cc1cn(-c2ccccc2)nc1NC(=O)c1n[nH]c(=O)c2ccccc12. The number of benzene rings is 2. The smallest absolute Gasteiger partial charge is 0.277 e. The van der Waals surface area contributed by atoms with E-state index in [1.807, 2.05) is 43.5 Å². The van der Waals surface area contributed by atoms with Gasteiger partial charge in [0.05, 0.1) is 11.1 Å². The number of para-hydroxylation sites is 1. The van der Waals surface area contributed by atoms with Crippen LogP contribution in [0.1, 0.15) is 16.1 Å². The predicted octanol–water partition coefficient (Wildman–Crippen LogP) is 2.67.